The zero-order chi connectivity index (χ0) is 26.7. The summed E-state index contributed by atoms with van der Waals surface area (Å²) in [7, 11) is 3.65. The van der Waals surface area contributed by atoms with E-state index in [2.05, 4.69) is 9.98 Å². The van der Waals surface area contributed by atoms with Crippen molar-refractivity contribution in [1.29, 1.82) is 0 Å². The van der Waals surface area contributed by atoms with Crippen LogP contribution in [0.5, 0.6) is 0 Å². The molecule has 1 fully saturated rings. The maximum Gasteiger partial charge on any atom is 0.419 e. The van der Waals surface area contributed by atoms with Gasteiger partial charge in [0.05, 0.1) is 5.52 Å². The number of amidine groups is 1. The third-order valence-electron chi connectivity index (χ3n) is 5.92. The molecule has 10 heteroatoms. The van der Waals surface area contributed by atoms with Gasteiger partial charge in [0.15, 0.2) is 6.29 Å². The third kappa shape index (κ3) is 6.44. The second kappa shape index (κ2) is 11.1. The highest BCUT2D eigenvalue weighted by Gasteiger charge is 2.30. The SMILES string of the molecule is CC(=NC(=O)c1csc(C(OC2CCCCO2)c2cn(C(=O)OC(C)(C)C)c3ccccc23)n1)N(C)C. The van der Waals surface area contributed by atoms with Gasteiger partial charge in [-0.1, -0.05) is 18.2 Å². The van der Waals surface area contributed by atoms with Crippen LogP contribution in [0.15, 0.2) is 40.8 Å². The largest absolute Gasteiger partial charge is 0.443 e. The molecule has 3 aromatic rings. The molecule has 2 unspecified atom stereocenters. The summed E-state index contributed by atoms with van der Waals surface area (Å²) in [6.07, 6.45) is 2.93. The lowest BCUT2D eigenvalue weighted by molar-refractivity contribution is -0.181. The molecule has 0 saturated carbocycles. The first kappa shape index (κ1) is 27.0. The maximum absolute atomic E-state index is 13.1. The van der Waals surface area contributed by atoms with Crippen molar-refractivity contribution in [3.8, 4) is 0 Å². The fourth-order valence-corrected chi connectivity index (χ4v) is 4.77. The fraction of sp³-hybridized carbons (Fsp3) is 0.481. The van der Waals surface area contributed by atoms with Gasteiger partial charge in [-0.15, -0.1) is 11.3 Å². The molecule has 198 valence electrons. The predicted molar refractivity (Wildman–Crippen MR) is 143 cm³/mol. The van der Waals surface area contributed by atoms with Gasteiger partial charge >= 0.3 is 6.09 Å². The highest BCUT2D eigenvalue weighted by Crippen LogP contribution is 2.37. The lowest BCUT2D eigenvalue weighted by Gasteiger charge is -2.27. The van der Waals surface area contributed by atoms with Crippen molar-refractivity contribution in [2.45, 2.75) is 65.0 Å². The van der Waals surface area contributed by atoms with Crippen LogP contribution < -0.4 is 0 Å². The number of aromatic nitrogens is 2. The van der Waals surface area contributed by atoms with E-state index in [4.69, 9.17) is 14.2 Å². The number of hydrogen-bond acceptors (Lipinski definition) is 7. The lowest BCUT2D eigenvalue weighted by atomic mass is 10.1. The van der Waals surface area contributed by atoms with E-state index in [-0.39, 0.29) is 5.69 Å². The Balaban J connectivity index is 1.77. The average molecular weight is 527 g/mol. The van der Waals surface area contributed by atoms with Crippen LogP contribution in [0.2, 0.25) is 0 Å². The minimum absolute atomic E-state index is 0.246. The van der Waals surface area contributed by atoms with E-state index in [9.17, 15) is 9.59 Å². The molecule has 1 aromatic carbocycles. The summed E-state index contributed by atoms with van der Waals surface area (Å²) < 4.78 is 19.5. The van der Waals surface area contributed by atoms with Gasteiger partial charge in [-0.25, -0.2) is 9.78 Å². The molecule has 2 atom stereocenters. The van der Waals surface area contributed by atoms with Gasteiger partial charge in [0, 0.05) is 43.2 Å². The molecule has 1 saturated heterocycles. The van der Waals surface area contributed by atoms with E-state index in [1.807, 2.05) is 59.1 Å². The lowest BCUT2D eigenvalue weighted by Crippen LogP contribution is -2.27. The Morgan fingerprint density at radius 1 is 1.24 bits per heavy atom. The number of carbonyl (C=O) groups excluding carboxylic acids is 2. The Morgan fingerprint density at radius 2 is 2.00 bits per heavy atom. The van der Waals surface area contributed by atoms with Gasteiger partial charge in [-0.05, 0) is 53.0 Å². The third-order valence-corrected chi connectivity index (χ3v) is 6.81. The fourth-order valence-electron chi connectivity index (χ4n) is 3.92. The molecule has 0 spiro atoms. The Bertz CT molecular complexity index is 1300. The van der Waals surface area contributed by atoms with Crippen molar-refractivity contribution in [2.75, 3.05) is 20.7 Å². The molecule has 1 amide bonds. The molecule has 2 aromatic heterocycles. The molecule has 0 radical (unpaired) electrons. The van der Waals surface area contributed by atoms with Crippen molar-refractivity contribution in [1.82, 2.24) is 14.5 Å². The van der Waals surface area contributed by atoms with E-state index in [1.54, 1.807) is 23.4 Å². The van der Waals surface area contributed by atoms with E-state index >= 15 is 0 Å². The van der Waals surface area contributed by atoms with E-state index in [1.165, 1.54) is 15.9 Å². The number of hydrogen-bond donors (Lipinski definition) is 0. The molecule has 1 aliphatic heterocycles. The number of carbonyl (C=O) groups is 2. The first-order valence-electron chi connectivity index (χ1n) is 12.4. The number of ether oxygens (including phenoxy) is 3. The van der Waals surface area contributed by atoms with Crippen LogP contribution in [0.3, 0.4) is 0 Å². The summed E-state index contributed by atoms with van der Waals surface area (Å²) in [5.41, 5.74) is 1.04. The van der Waals surface area contributed by atoms with Crippen LogP contribution in [0.1, 0.15) is 74.1 Å². The topological polar surface area (TPSA) is 95.2 Å². The van der Waals surface area contributed by atoms with Crippen molar-refractivity contribution in [2.24, 2.45) is 4.99 Å². The van der Waals surface area contributed by atoms with Crippen molar-refractivity contribution >= 4 is 40.1 Å². The monoisotopic (exact) mass is 526 g/mol. The van der Waals surface area contributed by atoms with Crippen molar-refractivity contribution < 1.29 is 23.8 Å². The molecule has 0 N–H and O–H groups in total. The average Bonchev–Trinajstić information content (AvgIpc) is 3.48. The Labute approximate surface area is 221 Å². The molecule has 3 heterocycles. The van der Waals surface area contributed by atoms with Gasteiger partial charge < -0.3 is 19.1 Å². The number of fused-ring (bicyclic) bond motifs is 1. The first-order chi connectivity index (χ1) is 17.5. The smallest absolute Gasteiger partial charge is 0.419 e. The number of rotatable bonds is 5. The Kier molecular flexibility index (Phi) is 8.11. The standard InChI is InChI=1S/C27H34N4O5S/c1-17(30(5)6)28-24(32)20-16-37-25(29-20)23(35-22-13-9-10-14-34-22)19-15-31(26(33)36-27(2,3)4)21-12-8-7-11-18(19)21/h7-8,11-12,15-16,22-23H,9-10,13-14H2,1-6H3. The zero-order valence-electron chi connectivity index (χ0n) is 22.2. The van der Waals surface area contributed by atoms with Crippen LogP contribution in [-0.2, 0) is 14.2 Å². The van der Waals surface area contributed by atoms with Gasteiger partial charge in [-0.3, -0.25) is 9.36 Å². The number of thiazole rings is 1. The zero-order valence-corrected chi connectivity index (χ0v) is 23.0. The minimum atomic E-state index is -0.651. The minimum Gasteiger partial charge on any atom is -0.443 e. The summed E-state index contributed by atoms with van der Waals surface area (Å²) >= 11 is 1.32. The summed E-state index contributed by atoms with van der Waals surface area (Å²) in [5.74, 6) is 0.168. The maximum atomic E-state index is 13.1. The molecule has 37 heavy (non-hydrogen) atoms. The first-order valence-corrected chi connectivity index (χ1v) is 13.2. The summed E-state index contributed by atoms with van der Waals surface area (Å²) in [5, 5.41) is 3.11. The molecule has 9 nitrogen and oxygen atoms in total. The molecule has 0 aliphatic carbocycles. The number of amides is 1. The summed E-state index contributed by atoms with van der Waals surface area (Å²) in [6, 6.07) is 7.59. The molecular weight excluding hydrogens is 492 g/mol. The Hall–Kier alpha value is -3.08. The van der Waals surface area contributed by atoms with E-state index < -0.39 is 30.0 Å². The normalized spacial score (nSPS) is 17.6. The number of para-hydroxylation sites is 1. The predicted octanol–water partition coefficient (Wildman–Crippen LogP) is 5.63. The molecule has 1 aliphatic rings. The van der Waals surface area contributed by atoms with Gasteiger partial charge in [0.2, 0.25) is 0 Å². The summed E-state index contributed by atoms with van der Waals surface area (Å²) in [6.45, 7) is 7.88. The Morgan fingerprint density at radius 3 is 2.68 bits per heavy atom. The van der Waals surface area contributed by atoms with Gasteiger partial charge in [-0.2, -0.15) is 4.99 Å². The van der Waals surface area contributed by atoms with Crippen LogP contribution >= 0.6 is 11.3 Å². The van der Waals surface area contributed by atoms with Crippen LogP contribution in [-0.4, -0.2) is 64.9 Å². The molecule has 0 bridgehead atoms. The number of benzene rings is 1. The van der Waals surface area contributed by atoms with Crippen LogP contribution in [0.25, 0.3) is 10.9 Å². The quantitative estimate of drug-likeness (QED) is 0.314. The van der Waals surface area contributed by atoms with Crippen LogP contribution in [0.4, 0.5) is 4.79 Å². The number of aliphatic imine (C=N–C) groups is 1. The van der Waals surface area contributed by atoms with Crippen molar-refractivity contribution in [3.63, 3.8) is 0 Å². The number of nitrogens with zero attached hydrogens (tertiary/aromatic N) is 4. The van der Waals surface area contributed by atoms with Gasteiger partial charge in [0.1, 0.15) is 28.2 Å². The highest BCUT2D eigenvalue weighted by atomic mass is 32.1. The second-order valence-corrected chi connectivity index (χ2v) is 11.1. The summed E-state index contributed by atoms with van der Waals surface area (Å²) in [4.78, 5) is 36.4. The highest BCUT2D eigenvalue weighted by molar-refractivity contribution is 7.10. The van der Waals surface area contributed by atoms with E-state index in [0.717, 1.165) is 30.2 Å². The van der Waals surface area contributed by atoms with Gasteiger partial charge in [0.25, 0.3) is 5.91 Å². The van der Waals surface area contributed by atoms with Crippen LogP contribution in [0, 0.1) is 0 Å². The second-order valence-electron chi connectivity index (χ2n) is 10.2. The molecular formula is C27H34N4O5S. The van der Waals surface area contributed by atoms with Crippen molar-refractivity contribution in [3.05, 3.63) is 52.1 Å². The van der Waals surface area contributed by atoms with E-state index in [0.29, 0.717) is 23.0 Å². The molecule has 4 rings (SSSR count).